The topological polar surface area (TPSA) is 66.5 Å². The summed E-state index contributed by atoms with van der Waals surface area (Å²) in [7, 11) is -2.00. The highest BCUT2D eigenvalue weighted by Gasteiger charge is 2.20. The number of hydrogen-bond acceptors (Lipinski definition) is 3. The molecule has 0 fully saturated rings. The molecule has 1 amide bonds. The summed E-state index contributed by atoms with van der Waals surface area (Å²) in [6, 6.07) is 10.6. The molecule has 0 bridgehead atoms. The number of hydrogen-bond donors (Lipinski definition) is 1. The van der Waals surface area contributed by atoms with Gasteiger partial charge in [0.1, 0.15) is 0 Å². The summed E-state index contributed by atoms with van der Waals surface area (Å²) >= 11 is 11.8. The Morgan fingerprint density at radius 3 is 2.31 bits per heavy atom. The van der Waals surface area contributed by atoms with Crippen LogP contribution in [0, 0.1) is 0 Å². The Balaban J connectivity index is 2.13. The second kappa shape index (κ2) is 8.86. The zero-order valence-corrected chi connectivity index (χ0v) is 16.8. The van der Waals surface area contributed by atoms with Crippen LogP contribution in [0.15, 0.2) is 47.4 Å². The molecule has 140 valence electrons. The molecule has 8 heteroatoms. The van der Waals surface area contributed by atoms with Crippen LogP contribution in [0.2, 0.25) is 10.0 Å². The van der Waals surface area contributed by atoms with Gasteiger partial charge < -0.3 is 5.32 Å². The second-order valence-electron chi connectivity index (χ2n) is 5.79. The van der Waals surface area contributed by atoms with Crippen LogP contribution in [-0.2, 0) is 10.0 Å². The van der Waals surface area contributed by atoms with Gasteiger partial charge in [-0.1, -0.05) is 36.5 Å². The minimum atomic E-state index is -3.55. The van der Waals surface area contributed by atoms with Gasteiger partial charge in [-0.3, -0.25) is 4.79 Å². The Kier molecular flexibility index (Phi) is 7.06. The highest BCUT2D eigenvalue weighted by atomic mass is 35.5. The number of benzene rings is 2. The number of anilines is 1. The lowest BCUT2D eigenvalue weighted by molar-refractivity contribution is 0.102. The Labute approximate surface area is 164 Å². The first-order valence-corrected chi connectivity index (χ1v) is 10.3. The van der Waals surface area contributed by atoms with E-state index in [0.717, 1.165) is 12.8 Å². The van der Waals surface area contributed by atoms with Crippen molar-refractivity contribution in [3.05, 3.63) is 58.1 Å². The van der Waals surface area contributed by atoms with Gasteiger partial charge >= 0.3 is 0 Å². The van der Waals surface area contributed by atoms with Gasteiger partial charge in [-0.2, -0.15) is 0 Å². The molecule has 2 aromatic carbocycles. The van der Waals surface area contributed by atoms with Crippen molar-refractivity contribution in [3.63, 3.8) is 0 Å². The highest BCUT2D eigenvalue weighted by molar-refractivity contribution is 7.89. The lowest BCUT2D eigenvalue weighted by Crippen LogP contribution is -2.28. The van der Waals surface area contributed by atoms with E-state index < -0.39 is 10.0 Å². The number of unbranched alkanes of at least 4 members (excludes halogenated alkanes) is 1. The van der Waals surface area contributed by atoms with Gasteiger partial charge in [0.2, 0.25) is 10.0 Å². The molecule has 0 spiro atoms. The molecule has 0 atom stereocenters. The maximum absolute atomic E-state index is 12.5. The summed E-state index contributed by atoms with van der Waals surface area (Å²) in [4.78, 5) is 12.5. The van der Waals surface area contributed by atoms with Gasteiger partial charge in [0, 0.05) is 24.8 Å². The smallest absolute Gasteiger partial charge is 0.255 e. The molecule has 1 N–H and O–H groups in total. The van der Waals surface area contributed by atoms with Crippen LogP contribution in [0.4, 0.5) is 5.69 Å². The summed E-state index contributed by atoms with van der Waals surface area (Å²) in [5.41, 5.74) is 0.839. The number of sulfonamides is 1. The maximum Gasteiger partial charge on any atom is 0.255 e. The molecule has 2 aromatic rings. The Morgan fingerprint density at radius 2 is 1.73 bits per heavy atom. The molecule has 0 aliphatic heterocycles. The van der Waals surface area contributed by atoms with Gasteiger partial charge in [-0.05, 0) is 48.9 Å². The molecule has 0 unspecified atom stereocenters. The second-order valence-corrected chi connectivity index (χ2v) is 8.65. The van der Waals surface area contributed by atoms with E-state index in [2.05, 4.69) is 5.32 Å². The standard InChI is InChI=1S/C18H20Cl2N2O3S/c1-3-4-11-22(2)26(24,25)15-8-5-13(6-9-15)18(23)21-14-7-10-16(19)17(20)12-14/h5-10,12H,3-4,11H2,1-2H3,(H,21,23). The molecule has 0 heterocycles. The van der Waals surface area contributed by atoms with Gasteiger partial charge in [0.05, 0.1) is 14.9 Å². The molecule has 26 heavy (non-hydrogen) atoms. The van der Waals surface area contributed by atoms with Gasteiger partial charge in [-0.25, -0.2) is 12.7 Å². The average Bonchev–Trinajstić information content (AvgIpc) is 2.62. The molecule has 0 saturated carbocycles. The number of nitrogens with zero attached hydrogens (tertiary/aromatic N) is 1. The summed E-state index contributed by atoms with van der Waals surface area (Å²) in [5, 5.41) is 3.42. The predicted molar refractivity (Wildman–Crippen MR) is 106 cm³/mol. The molecule has 2 rings (SSSR count). The fraction of sp³-hybridized carbons (Fsp3) is 0.278. The quantitative estimate of drug-likeness (QED) is 0.715. The Bertz CT molecular complexity index is 884. The van der Waals surface area contributed by atoms with Crippen LogP contribution in [0.1, 0.15) is 30.1 Å². The van der Waals surface area contributed by atoms with E-state index in [1.165, 1.54) is 28.6 Å². The fourth-order valence-electron chi connectivity index (χ4n) is 2.24. The van der Waals surface area contributed by atoms with Crippen LogP contribution in [0.3, 0.4) is 0 Å². The molecule has 0 saturated heterocycles. The number of carbonyl (C=O) groups is 1. The van der Waals surface area contributed by atoms with E-state index in [9.17, 15) is 13.2 Å². The van der Waals surface area contributed by atoms with Gasteiger partial charge in [0.15, 0.2) is 0 Å². The third-order valence-corrected chi connectivity index (χ3v) is 6.44. The van der Waals surface area contributed by atoms with E-state index in [1.807, 2.05) is 6.92 Å². The third-order valence-electron chi connectivity index (χ3n) is 3.83. The number of amides is 1. The van der Waals surface area contributed by atoms with Crippen molar-refractivity contribution in [2.24, 2.45) is 0 Å². The van der Waals surface area contributed by atoms with Crippen molar-refractivity contribution in [1.82, 2.24) is 4.31 Å². The molecule has 0 aliphatic carbocycles. The predicted octanol–water partition coefficient (Wildman–Crippen LogP) is 4.67. The van der Waals surface area contributed by atoms with E-state index in [4.69, 9.17) is 23.2 Å². The van der Waals surface area contributed by atoms with E-state index in [-0.39, 0.29) is 10.8 Å². The molecule has 0 aromatic heterocycles. The molecule has 0 radical (unpaired) electrons. The number of rotatable bonds is 7. The molecular formula is C18H20Cl2N2O3S. The SMILES string of the molecule is CCCCN(C)S(=O)(=O)c1ccc(C(=O)Nc2ccc(Cl)c(Cl)c2)cc1. The lowest BCUT2D eigenvalue weighted by Gasteiger charge is -2.17. The highest BCUT2D eigenvalue weighted by Crippen LogP contribution is 2.25. The molecule has 0 aliphatic rings. The first-order chi connectivity index (χ1) is 12.3. The average molecular weight is 415 g/mol. The van der Waals surface area contributed by atoms with E-state index in [1.54, 1.807) is 25.2 Å². The summed E-state index contributed by atoms with van der Waals surface area (Å²) in [5.74, 6) is -0.369. The van der Waals surface area contributed by atoms with Crippen molar-refractivity contribution < 1.29 is 13.2 Å². The number of carbonyl (C=O) groups excluding carboxylic acids is 1. The summed E-state index contributed by atoms with van der Waals surface area (Å²) in [6.07, 6.45) is 1.70. The summed E-state index contributed by atoms with van der Waals surface area (Å²) < 4.78 is 26.3. The zero-order valence-electron chi connectivity index (χ0n) is 14.5. The molecule has 5 nitrogen and oxygen atoms in total. The zero-order chi connectivity index (χ0) is 19.3. The van der Waals surface area contributed by atoms with Crippen LogP contribution in [0.5, 0.6) is 0 Å². The minimum absolute atomic E-state index is 0.155. The maximum atomic E-state index is 12.5. The van der Waals surface area contributed by atoms with Gasteiger partial charge in [0.25, 0.3) is 5.91 Å². The van der Waals surface area contributed by atoms with Crippen molar-refractivity contribution in [2.75, 3.05) is 18.9 Å². The fourth-order valence-corrected chi connectivity index (χ4v) is 3.74. The molecular weight excluding hydrogens is 395 g/mol. The van der Waals surface area contributed by atoms with Gasteiger partial charge in [-0.15, -0.1) is 0 Å². The lowest BCUT2D eigenvalue weighted by atomic mass is 10.2. The Morgan fingerprint density at radius 1 is 1.08 bits per heavy atom. The summed E-state index contributed by atoms with van der Waals surface area (Å²) in [6.45, 7) is 2.46. The van der Waals surface area contributed by atoms with Crippen molar-refractivity contribution in [3.8, 4) is 0 Å². The van der Waals surface area contributed by atoms with Crippen molar-refractivity contribution in [2.45, 2.75) is 24.7 Å². The first-order valence-electron chi connectivity index (χ1n) is 8.08. The van der Waals surface area contributed by atoms with Crippen LogP contribution >= 0.6 is 23.2 Å². The van der Waals surface area contributed by atoms with E-state index in [0.29, 0.717) is 27.8 Å². The van der Waals surface area contributed by atoms with Crippen LogP contribution in [0.25, 0.3) is 0 Å². The van der Waals surface area contributed by atoms with E-state index >= 15 is 0 Å². The van der Waals surface area contributed by atoms with Crippen LogP contribution in [-0.4, -0.2) is 32.2 Å². The number of nitrogens with one attached hydrogen (secondary N) is 1. The minimum Gasteiger partial charge on any atom is -0.322 e. The Hall–Kier alpha value is -1.60. The van der Waals surface area contributed by atoms with Crippen molar-refractivity contribution in [1.29, 1.82) is 0 Å². The van der Waals surface area contributed by atoms with Crippen molar-refractivity contribution >= 4 is 44.8 Å². The normalized spacial score (nSPS) is 11.6. The monoisotopic (exact) mass is 414 g/mol. The number of halogens is 2. The third kappa shape index (κ3) is 4.98. The first kappa shape index (κ1) is 20.7. The largest absolute Gasteiger partial charge is 0.322 e. The van der Waals surface area contributed by atoms with Crippen LogP contribution < -0.4 is 5.32 Å².